The van der Waals surface area contributed by atoms with Crippen LogP contribution in [-0.2, 0) is 14.3 Å². The number of aromatic amines is 1. The number of benzene rings is 1. The Balaban J connectivity index is 0.000000178. The molecule has 0 aliphatic carbocycles. The van der Waals surface area contributed by atoms with Gasteiger partial charge >= 0.3 is 0 Å². The minimum absolute atomic E-state index is 0.00579. The van der Waals surface area contributed by atoms with Gasteiger partial charge in [-0.05, 0) is 56.4 Å². The number of carbonyl (C=O) groups is 1. The number of aromatic nitrogens is 3. The molecule has 4 N–H and O–H groups in total. The molecule has 35 heavy (non-hydrogen) atoms. The van der Waals surface area contributed by atoms with Gasteiger partial charge in [-0.2, -0.15) is 0 Å². The van der Waals surface area contributed by atoms with Gasteiger partial charge < -0.3 is 30.2 Å². The van der Waals surface area contributed by atoms with Gasteiger partial charge in [0.25, 0.3) is 0 Å². The summed E-state index contributed by atoms with van der Waals surface area (Å²) in [6.45, 7) is 7.35. The molecule has 1 amide bonds. The molecule has 3 aliphatic heterocycles. The van der Waals surface area contributed by atoms with E-state index >= 15 is 0 Å². The second-order valence-electron chi connectivity index (χ2n) is 9.49. The zero-order valence-corrected chi connectivity index (χ0v) is 20.2. The molecule has 0 saturated carbocycles. The summed E-state index contributed by atoms with van der Waals surface area (Å²) in [4.78, 5) is 25.4. The Hall–Kier alpha value is -3.17. The summed E-state index contributed by atoms with van der Waals surface area (Å²) < 4.78 is 11.0. The molecule has 2 aromatic heterocycles. The number of aryl methyl sites for hydroxylation is 1. The first kappa shape index (κ1) is 23.6. The van der Waals surface area contributed by atoms with Crippen LogP contribution >= 0.6 is 0 Å². The fourth-order valence-corrected chi connectivity index (χ4v) is 5.54. The van der Waals surface area contributed by atoms with Crippen molar-refractivity contribution < 1.29 is 19.4 Å². The number of H-pyrrole nitrogens is 1. The molecule has 6 rings (SSSR count). The lowest BCUT2D eigenvalue weighted by Crippen LogP contribution is -2.37. The van der Waals surface area contributed by atoms with Crippen molar-refractivity contribution in [1.82, 2.24) is 15.0 Å². The summed E-state index contributed by atoms with van der Waals surface area (Å²) >= 11 is 0. The van der Waals surface area contributed by atoms with E-state index in [1.165, 1.54) is 11.9 Å². The number of fused-ring (bicyclic) bond motifs is 3. The zero-order chi connectivity index (χ0) is 24.5. The standard InChI is InChI=1S/C17H18N4O2.C9H15NO2/c1-11-14(22)10-18-17-15(11)19-16(20-17)12-2-4-13(5-3-12)21-6-8-23-9-7-21;1-2-5-6-3-4-7(12-6)8(5)9(10)11/h2-5,10,22H,6-9H2,1H3,(H,18,19,20);5-8H,2-4H2,1H3,(H2,10,11). The average Bonchev–Trinajstić information content (AvgIpc) is 3.62. The number of nitrogens with zero attached hydrogens (tertiary/aromatic N) is 3. The van der Waals surface area contributed by atoms with Gasteiger partial charge in [-0.15, -0.1) is 0 Å². The van der Waals surface area contributed by atoms with Crippen molar-refractivity contribution in [3.63, 3.8) is 0 Å². The van der Waals surface area contributed by atoms with Crippen LogP contribution in [0.2, 0.25) is 0 Å². The maximum atomic E-state index is 11.1. The van der Waals surface area contributed by atoms with Crippen LogP contribution < -0.4 is 10.6 Å². The van der Waals surface area contributed by atoms with Crippen molar-refractivity contribution >= 4 is 22.8 Å². The highest BCUT2D eigenvalue weighted by Crippen LogP contribution is 2.44. The second kappa shape index (κ2) is 9.83. The number of amides is 1. The molecule has 186 valence electrons. The molecule has 4 unspecified atom stereocenters. The van der Waals surface area contributed by atoms with Gasteiger partial charge in [0.15, 0.2) is 5.65 Å². The van der Waals surface area contributed by atoms with E-state index in [4.69, 9.17) is 15.2 Å². The van der Waals surface area contributed by atoms with E-state index < -0.39 is 0 Å². The third kappa shape index (κ3) is 4.58. The summed E-state index contributed by atoms with van der Waals surface area (Å²) in [5.41, 5.74) is 9.68. The molecule has 0 spiro atoms. The number of morpholine rings is 1. The molecule has 3 saturated heterocycles. The summed E-state index contributed by atoms with van der Waals surface area (Å²) in [6, 6.07) is 8.31. The molecule has 4 atom stereocenters. The minimum atomic E-state index is -0.172. The van der Waals surface area contributed by atoms with E-state index in [2.05, 4.69) is 51.0 Å². The maximum absolute atomic E-state index is 11.1. The molecule has 3 fully saturated rings. The smallest absolute Gasteiger partial charge is 0.223 e. The molecule has 0 radical (unpaired) electrons. The van der Waals surface area contributed by atoms with Crippen LogP contribution in [0.1, 0.15) is 31.7 Å². The van der Waals surface area contributed by atoms with Crippen molar-refractivity contribution in [2.45, 2.75) is 45.3 Å². The SMILES string of the molecule is CCC1C2CCC(O2)C1C(N)=O.Cc1c(O)cnc2nc(-c3ccc(N4CCOCC4)cc3)[nH]c12. The number of hydrogen-bond donors (Lipinski definition) is 3. The second-order valence-corrected chi connectivity index (χ2v) is 9.49. The summed E-state index contributed by atoms with van der Waals surface area (Å²) in [6.07, 6.45) is 5.04. The molecule has 1 aromatic carbocycles. The van der Waals surface area contributed by atoms with E-state index in [9.17, 15) is 9.90 Å². The van der Waals surface area contributed by atoms with Crippen LogP contribution in [0.25, 0.3) is 22.6 Å². The van der Waals surface area contributed by atoms with E-state index in [-0.39, 0.29) is 23.7 Å². The third-order valence-corrected chi connectivity index (χ3v) is 7.49. The number of imidazole rings is 1. The summed E-state index contributed by atoms with van der Waals surface area (Å²) in [5.74, 6) is 1.15. The van der Waals surface area contributed by atoms with Crippen LogP contribution in [0.4, 0.5) is 5.69 Å². The molecular formula is C26H33N5O4. The van der Waals surface area contributed by atoms with Gasteiger partial charge in [-0.3, -0.25) is 4.79 Å². The Morgan fingerprint density at radius 2 is 1.91 bits per heavy atom. The van der Waals surface area contributed by atoms with E-state index in [0.29, 0.717) is 17.7 Å². The lowest BCUT2D eigenvalue weighted by molar-refractivity contribution is -0.124. The normalized spacial score (nSPS) is 25.5. The van der Waals surface area contributed by atoms with Gasteiger partial charge in [0.2, 0.25) is 5.91 Å². The average molecular weight is 480 g/mol. The van der Waals surface area contributed by atoms with Gasteiger partial charge in [0.1, 0.15) is 11.6 Å². The quantitative estimate of drug-likeness (QED) is 0.525. The predicted molar refractivity (Wildman–Crippen MR) is 133 cm³/mol. The molecule has 9 nitrogen and oxygen atoms in total. The molecule has 2 bridgehead atoms. The van der Waals surface area contributed by atoms with E-state index in [1.54, 1.807) is 0 Å². The van der Waals surface area contributed by atoms with Crippen LogP contribution in [0, 0.1) is 18.8 Å². The van der Waals surface area contributed by atoms with Gasteiger partial charge in [-0.1, -0.05) is 6.92 Å². The van der Waals surface area contributed by atoms with Crippen molar-refractivity contribution in [1.29, 1.82) is 0 Å². The van der Waals surface area contributed by atoms with Crippen molar-refractivity contribution in [2.24, 2.45) is 17.6 Å². The molecule has 3 aliphatic rings. The lowest BCUT2D eigenvalue weighted by Gasteiger charge is -2.28. The van der Waals surface area contributed by atoms with Crippen LogP contribution in [0.15, 0.2) is 30.5 Å². The monoisotopic (exact) mass is 479 g/mol. The van der Waals surface area contributed by atoms with Gasteiger partial charge in [-0.25, -0.2) is 9.97 Å². The number of nitrogens with two attached hydrogens (primary N) is 1. The molecule has 5 heterocycles. The Labute approximate surface area is 204 Å². The first-order valence-electron chi connectivity index (χ1n) is 12.4. The van der Waals surface area contributed by atoms with Crippen molar-refractivity contribution in [3.05, 3.63) is 36.0 Å². The van der Waals surface area contributed by atoms with Crippen LogP contribution in [0.3, 0.4) is 0 Å². The van der Waals surface area contributed by atoms with Crippen LogP contribution in [-0.4, -0.2) is 64.5 Å². The summed E-state index contributed by atoms with van der Waals surface area (Å²) in [5, 5.41) is 9.75. The Bertz CT molecular complexity index is 1190. The van der Waals surface area contributed by atoms with Gasteiger partial charge in [0, 0.05) is 29.9 Å². The fourth-order valence-electron chi connectivity index (χ4n) is 5.54. The maximum Gasteiger partial charge on any atom is 0.223 e. The van der Waals surface area contributed by atoms with E-state index in [0.717, 1.165) is 68.0 Å². The number of hydrogen-bond acceptors (Lipinski definition) is 7. The first-order valence-corrected chi connectivity index (χ1v) is 12.4. The van der Waals surface area contributed by atoms with Gasteiger partial charge in [0.05, 0.1) is 43.1 Å². The summed E-state index contributed by atoms with van der Waals surface area (Å²) in [7, 11) is 0. The Morgan fingerprint density at radius 3 is 2.57 bits per heavy atom. The van der Waals surface area contributed by atoms with Crippen LogP contribution in [0.5, 0.6) is 5.75 Å². The third-order valence-electron chi connectivity index (χ3n) is 7.49. The molecule has 3 aromatic rings. The topological polar surface area (TPSA) is 127 Å². The minimum Gasteiger partial charge on any atom is -0.506 e. The fraction of sp³-hybridized carbons (Fsp3) is 0.500. The number of primary amides is 1. The van der Waals surface area contributed by atoms with Crippen molar-refractivity contribution in [3.8, 4) is 17.1 Å². The highest BCUT2D eigenvalue weighted by Gasteiger charge is 2.50. The lowest BCUT2D eigenvalue weighted by atomic mass is 9.77. The number of rotatable bonds is 4. The number of carbonyl (C=O) groups excluding carboxylic acids is 1. The highest BCUT2D eigenvalue weighted by molar-refractivity contribution is 5.81. The number of nitrogens with one attached hydrogen (secondary N) is 1. The number of anilines is 1. The molecular weight excluding hydrogens is 446 g/mol. The number of pyridine rings is 1. The first-order chi connectivity index (χ1) is 17.0. The largest absolute Gasteiger partial charge is 0.506 e. The van der Waals surface area contributed by atoms with E-state index in [1.807, 2.05) is 6.92 Å². The Morgan fingerprint density at radius 1 is 1.20 bits per heavy atom. The zero-order valence-electron chi connectivity index (χ0n) is 20.2. The Kier molecular flexibility index (Phi) is 6.62. The number of aromatic hydroxyl groups is 1. The van der Waals surface area contributed by atoms with Crippen molar-refractivity contribution in [2.75, 3.05) is 31.2 Å². The number of ether oxygens (including phenoxy) is 2. The predicted octanol–water partition coefficient (Wildman–Crippen LogP) is 3.15. The molecule has 9 heteroatoms. The highest BCUT2D eigenvalue weighted by atomic mass is 16.5.